The monoisotopic (exact) mass is 1130 g/mol. The Morgan fingerprint density at radius 1 is 0.627 bits per heavy atom. The van der Waals surface area contributed by atoms with Gasteiger partial charge in [0.05, 0.1) is 41.2 Å². The van der Waals surface area contributed by atoms with E-state index in [4.69, 9.17) is 4.74 Å². The molecule has 1 saturated heterocycles. The highest BCUT2D eigenvalue weighted by atomic mass is 16.5. The third-order valence-electron chi connectivity index (χ3n) is 15.1. The van der Waals surface area contributed by atoms with Gasteiger partial charge in [-0.3, -0.25) is 47.9 Å². The third kappa shape index (κ3) is 10.1. The van der Waals surface area contributed by atoms with Crippen molar-refractivity contribution in [1.82, 2.24) is 47.9 Å². The highest BCUT2D eigenvalue weighted by Gasteiger charge is 2.73. The normalized spacial score (nSPS) is 18.3. The van der Waals surface area contributed by atoms with Crippen LogP contribution >= 0.6 is 0 Å². The number of ether oxygens (including phenoxy) is 1. The molecule has 4 aliphatic rings. The molecule has 1 spiro atoms. The maximum Gasteiger partial charge on any atom is 0.339 e. The Morgan fingerprint density at radius 3 is 1.60 bits per heavy atom. The van der Waals surface area contributed by atoms with Gasteiger partial charge in [-0.2, -0.15) is 0 Å². The lowest BCUT2D eigenvalue weighted by molar-refractivity contribution is -0.150. The quantitative estimate of drug-likeness (QED) is 0.0370. The number of imidazole rings is 1. The van der Waals surface area contributed by atoms with Crippen LogP contribution in [0.4, 0.5) is 34.3 Å². The van der Waals surface area contributed by atoms with E-state index < -0.39 is 69.8 Å². The number of hydrogen-bond acceptors (Lipinski definition) is 14. The molecule has 1 saturated carbocycles. The van der Waals surface area contributed by atoms with Crippen LogP contribution < -0.4 is 42.5 Å². The number of esters is 1. The molecule has 2 aliphatic heterocycles. The molecule has 8 N–H and O–H groups in total. The molecule has 3 atom stereocenters. The van der Waals surface area contributed by atoms with Crippen molar-refractivity contribution in [2.75, 3.05) is 52.1 Å². The number of amides is 8. The molecule has 6 aromatic rings. The van der Waals surface area contributed by atoms with Crippen LogP contribution in [0.3, 0.4) is 0 Å². The summed E-state index contributed by atoms with van der Waals surface area (Å²) in [6, 6.07) is 7.47. The molecule has 28 heteroatoms. The molecule has 28 nitrogen and oxygen atoms in total. The zero-order valence-corrected chi connectivity index (χ0v) is 46.5. The second kappa shape index (κ2) is 20.8. The number of aryl methyl sites for hydroxylation is 6. The van der Waals surface area contributed by atoms with Crippen LogP contribution in [0.5, 0.6) is 0 Å². The van der Waals surface area contributed by atoms with Crippen LogP contribution in [0, 0.1) is 11.3 Å². The summed E-state index contributed by atoms with van der Waals surface area (Å²) < 4.78 is 13.9. The molecule has 0 aromatic carbocycles. The molecule has 6 aromatic heterocycles. The van der Waals surface area contributed by atoms with Crippen molar-refractivity contribution in [2.45, 2.75) is 38.6 Å². The fraction of sp³-hybridized carbons (Fsp3) is 0.309. The molecule has 430 valence electrons. The molecule has 0 bridgehead atoms. The van der Waals surface area contributed by atoms with Crippen molar-refractivity contribution in [3.63, 3.8) is 0 Å². The van der Waals surface area contributed by atoms with Crippen LogP contribution in [-0.2, 0) is 71.0 Å². The predicted octanol–water partition coefficient (Wildman–Crippen LogP) is 2.52. The van der Waals surface area contributed by atoms with E-state index in [0.717, 1.165) is 7.11 Å². The molecular formula is C55H58N16O12. The van der Waals surface area contributed by atoms with Gasteiger partial charge >= 0.3 is 5.97 Å². The van der Waals surface area contributed by atoms with Gasteiger partial charge in [-0.05, 0) is 56.0 Å². The van der Waals surface area contributed by atoms with Gasteiger partial charge in [0.2, 0.25) is 23.4 Å². The van der Waals surface area contributed by atoms with E-state index >= 15 is 0 Å². The topological polar surface area (TPSA) is 339 Å². The average Bonchev–Trinajstić information content (AvgIpc) is 1.53. The molecule has 10 rings (SSSR count). The maximum absolute atomic E-state index is 14.1. The minimum atomic E-state index is -1.77. The first-order chi connectivity index (χ1) is 39.3. The average molecular weight is 1140 g/mol. The second-order valence-corrected chi connectivity index (χ2v) is 21.1. The molecule has 83 heavy (non-hydrogen) atoms. The molecule has 2 fully saturated rings. The van der Waals surface area contributed by atoms with E-state index in [1.807, 2.05) is 0 Å². The van der Waals surface area contributed by atoms with E-state index in [1.54, 1.807) is 71.6 Å². The van der Waals surface area contributed by atoms with Gasteiger partial charge in [0, 0.05) is 129 Å². The van der Waals surface area contributed by atoms with Crippen LogP contribution in [0.25, 0.3) is 0 Å². The number of nitrogens with one attached hydrogen (secondary N) is 8. The molecule has 0 unspecified atom stereocenters. The Kier molecular flexibility index (Phi) is 14.0. The van der Waals surface area contributed by atoms with Gasteiger partial charge in [0.1, 0.15) is 28.5 Å². The maximum atomic E-state index is 14.1. The summed E-state index contributed by atoms with van der Waals surface area (Å²) in [5.74, 6) is -5.79. The summed E-state index contributed by atoms with van der Waals surface area (Å²) in [5, 5.41) is 21.9. The number of Topliss-reactive ketones (excluding diaryl/α,β-unsaturated/α-hetero) is 1. The van der Waals surface area contributed by atoms with Crippen LogP contribution in [0.15, 0.2) is 90.6 Å². The highest BCUT2D eigenvalue weighted by Crippen LogP contribution is 2.70. The number of aromatic nitrogens is 7. The highest BCUT2D eigenvalue weighted by molar-refractivity contribution is 6.26. The first kappa shape index (κ1) is 55.8. The zero-order chi connectivity index (χ0) is 59.7. The van der Waals surface area contributed by atoms with Gasteiger partial charge in [-0.15, -0.1) is 0 Å². The standard InChI is InChI=1S/C55H58N16O12/c1-27(72)57-29-13-35(66(4)21-29)48(77)59-31-15-36(67(5)23-31)49(78)58-30-14-34(65(3)22-30)47(76)56-12-10-11-42(74)62-41-26-70(8)46(63-41)51(80)61-32-16-37(68(6)24-32)50(79)60-33-17-38(69(7)25-33)52(81)71-20-28-19-55(28)40(71)18-39(73)44-43(55)45(75)54(2,64-44)53(82)83-9/h13-18,21-26,28,64H,10-12,19-20H2,1-9H3,(H,56,76)(H,57,72)(H,58,78)(H,59,77)(H,60,79)(H,61,80)(H,62,74)/t28-,54-,55+/m0/s1. The number of carbonyl (C=O) groups is 11. The number of allylic oxidation sites excluding steroid dienone is 2. The lowest BCUT2D eigenvalue weighted by atomic mass is 9.80. The molecule has 8 heterocycles. The lowest BCUT2D eigenvalue weighted by Gasteiger charge is -2.28. The van der Waals surface area contributed by atoms with E-state index in [2.05, 4.69) is 47.5 Å². The van der Waals surface area contributed by atoms with Gasteiger partial charge in [0.15, 0.2) is 17.1 Å². The largest absolute Gasteiger partial charge is 0.467 e. The Labute approximate surface area is 472 Å². The molecule has 2 aliphatic carbocycles. The summed E-state index contributed by atoms with van der Waals surface area (Å²) >= 11 is 0. The number of likely N-dealkylation sites (tertiary alicyclic amines) is 1. The summed E-state index contributed by atoms with van der Waals surface area (Å²) in [6.45, 7) is 3.10. The lowest BCUT2D eigenvalue weighted by Crippen LogP contribution is -2.52. The van der Waals surface area contributed by atoms with Gasteiger partial charge in [-0.1, -0.05) is 0 Å². The predicted molar refractivity (Wildman–Crippen MR) is 297 cm³/mol. The van der Waals surface area contributed by atoms with Crippen molar-refractivity contribution in [3.8, 4) is 0 Å². The van der Waals surface area contributed by atoms with Crippen molar-refractivity contribution >= 4 is 99.0 Å². The fourth-order valence-electron chi connectivity index (χ4n) is 11.0. The van der Waals surface area contributed by atoms with Crippen molar-refractivity contribution in [1.29, 1.82) is 0 Å². The van der Waals surface area contributed by atoms with Gasteiger partial charge in [0.25, 0.3) is 35.4 Å². The summed E-state index contributed by atoms with van der Waals surface area (Å²) in [6.07, 6.45) is 11.4. The minimum Gasteiger partial charge on any atom is -0.467 e. The van der Waals surface area contributed by atoms with Crippen molar-refractivity contribution in [2.24, 2.45) is 53.6 Å². The fourth-order valence-corrected chi connectivity index (χ4v) is 11.0. The van der Waals surface area contributed by atoms with Crippen LogP contribution in [-0.4, -0.2) is 128 Å². The second-order valence-electron chi connectivity index (χ2n) is 21.1. The van der Waals surface area contributed by atoms with Crippen LogP contribution in [0.1, 0.15) is 96.2 Å². The number of hydrogen-bond donors (Lipinski definition) is 8. The van der Waals surface area contributed by atoms with E-state index in [0.29, 0.717) is 29.2 Å². The zero-order valence-electron chi connectivity index (χ0n) is 46.5. The van der Waals surface area contributed by atoms with Crippen LogP contribution in [0.2, 0.25) is 0 Å². The van der Waals surface area contributed by atoms with Crippen molar-refractivity contribution in [3.05, 3.63) is 125 Å². The number of anilines is 6. The summed E-state index contributed by atoms with van der Waals surface area (Å²) in [4.78, 5) is 151. The van der Waals surface area contributed by atoms with E-state index in [9.17, 15) is 52.7 Å². The number of carbonyl (C=O) groups excluding carboxylic acids is 11. The Balaban J connectivity index is 0.675. The van der Waals surface area contributed by atoms with Gasteiger partial charge < -0.3 is 79.6 Å². The summed E-state index contributed by atoms with van der Waals surface area (Å²) in [5.41, 5.74) is 0.740. The van der Waals surface area contributed by atoms with Gasteiger partial charge in [-0.25, -0.2) is 9.78 Å². The Bertz CT molecular complexity index is 3930. The number of nitrogens with zero attached hydrogens (tertiary/aromatic N) is 8. The first-order valence-electron chi connectivity index (χ1n) is 26.0. The SMILES string of the molecule is COC(=O)[C@@]1(C)NC2=C(C1=O)[C@]13C[C@H]1CN(C(=O)c1cc(NC(=O)c4cc(NC(=O)c5nc(NC(=O)CCCNC(=O)c6cc(NC(=O)c7cc(NC(=O)c8cc(NC(C)=O)cn8C)cn7C)cn6C)cn5C)cn4C)cn1C)C3=CC2=O. The molecule has 0 radical (unpaired) electrons. The number of rotatable bonds is 17. The number of piperidine rings is 1. The van der Waals surface area contributed by atoms with Crippen molar-refractivity contribution < 1.29 is 57.5 Å². The smallest absolute Gasteiger partial charge is 0.339 e. The Hall–Kier alpha value is -10.5. The Morgan fingerprint density at radius 2 is 1.10 bits per heavy atom. The van der Waals surface area contributed by atoms with E-state index in [-0.39, 0.29) is 101 Å². The number of ketones is 2. The molecular weight excluding hydrogens is 1080 g/mol. The third-order valence-corrected chi connectivity index (χ3v) is 15.1. The summed E-state index contributed by atoms with van der Waals surface area (Å²) in [7, 11) is 10.9. The first-order valence-corrected chi connectivity index (χ1v) is 26.0. The minimum absolute atomic E-state index is 0.00830. The number of methoxy groups -OCH3 is 1. The van der Waals surface area contributed by atoms with E-state index in [1.165, 1.54) is 90.4 Å². The molecule has 8 amide bonds.